The maximum atomic E-state index is 11.4. The first-order valence-electron chi connectivity index (χ1n) is 4.50. The Morgan fingerprint density at radius 2 is 2.07 bits per heavy atom. The van der Waals surface area contributed by atoms with Gasteiger partial charge in [0.25, 0.3) is 0 Å². The Balaban J connectivity index is 3.84. The standard InChI is InChI=1S/C9H19NO2S2/c1-7(10-14(5)13)6-12-8(11)9(2,3)4/h7,10H,6H2,1-5H3/t7-,14?/m0/s1. The summed E-state index contributed by atoms with van der Waals surface area (Å²) < 4.78 is 8.24. The molecule has 0 aromatic carbocycles. The zero-order valence-electron chi connectivity index (χ0n) is 9.42. The molecule has 0 aliphatic rings. The highest BCUT2D eigenvalue weighted by molar-refractivity contribution is 8.27. The lowest BCUT2D eigenvalue weighted by Crippen LogP contribution is -2.34. The summed E-state index contributed by atoms with van der Waals surface area (Å²) in [6, 6.07) is 0.118. The monoisotopic (exact) mass is 237 g/mol. The average Bonchev–Trinajstić information content (AvgIpc) is 1.96. The van der Waals surface area contributed by atoms with Crippen LogP contribution in [-0.2, 0) is 30.4 Å². The molecular formula is C9H19NO2S2. The first kappa shape index (κ1) is 14.0. The summed E-state index contributed by atoms with van der Waals surface area (Å²) >= 11 is 4.98. The van der Waals surface area contributed by atoms with Gasteiger partial charge in [-0.25, -0.2) is 0 Å². The Bertz CT molecular complexity index is 223. The average molecular weight is 237 g/mol. The van der Waals surface area contributed by atoms with Crippen molar-refractivity contribution in [3.63, 3.8) is 0 Å². The van der Waals surface area contributed by atoms with Gasteiger partial charge in [-0.05, 0) is 45.1 Å². The lowest BCUT2D eigenvalue weighted by molar-refractivity contribution is -0.153. The number of ether oxygens (including phenoxy) is 1. The molecule has 0 aromatic rings. The molecular weight excluding hydrogens is 218 g/mol. The van der Waals surface area contributed by atoms with Crippen LogP contribution < -0.4 is 4.72 Å². The Hall–Kier alpha value is -0.0000000000000000833. The second-order valence-corrected chi connectivity index (χ2v) is 6.97. The summed E-state index contributed by atoms with van der Waals surface area (Å²) in [5.41, 5.74) is -0.429. The SMILES string of the molecule is C[C@@H](COC(=O)C(C)(C)C)NS(C)=S. The third-order valence-corrected chi connectivity index (χ3v) is 2.47. The van der Waals surface area contributed by atoms with E-state index >= 15 is 0 Å². The van der Waals surface area contributed by atoms with E-state index in [0.29, 0.717) is 6.61 Å². The summed E-state index contributed by atoms with van der Waals surface area (Å²) in [4.78, 5) is 11.4. The van der Waals surface area contributed by atoms with Gasteiger partial charge in [0.15, 0.2) is 0 Å². The smallest absolute Gasteiger partial charge is 0.311 e. The van der Waals surface area contributed by atoms with Crippen LogP contribution in [0.3, 0.4) is 0 Å². The molecule has 0 saturated heterocycles. The number of nitrogens with one attached hydrogen (secondary N) is 1. The molecule has 0 bridgehead atoms. The van der Waals surface area contributed by atoms with E-state index in [1.165, 1.54) is 0 Å². The first-order chi connectivity index (χ1) is 6.23. The van der Waals surface area contributed by atoms with E-state index in [0.717, 1.165) is 0 Å². The molecule has 0 saturated carbocycles. The molecule has 84 valence electrons. The Kier molecular flexibility index (Phi) is 5.78. The number of rotatable bonds is 4. The van der Waals surface area contributed by atoms with Crippen LogP contribution in [0, 0.1) is 5.41 Å². The summed E-state index contributed by atoms with van der Waals surface area (Å²) in [5, 5.41) is 0. The summed E-state index contributed by atoms with van der Waals surface area (Å²) in [7, 11) is -0.239. The molecule has 0 fully saturated rings. The van der Waals surface area contributed by atoms with Gasteiger partial charge >= 0.3 is 5.97 Å². The summed E-state index contributed by atoms with van der Waals surface area (Å²) in [5.74, 6) is -0.175. The van der Waals surface area contributed by atoms with Gasteiger partial charge < -0.3 is 4.74 Å². The largest absolute Gasteiger partial charge is 0.464 e. The van der Waals surface area contributed by atoms with E-state index in [1.807, 2.05) is 34.0 Å². The highest BCUT2D eigenvalue weighted by atomic mass is 32.8. The fourth-order valence-electron chi connectivity index (χ4n) is 0.735. The highest BCUT2D eigenvalue weighted by Gasteiger charge is 2.23. The molecule has 2 atom stereocenters. The van der Waals surface area contributed by atoms with E-state index in [2.05, 4.69) is 4.72 Å². The van der Waals surface area contributed by atoms with Gasteiger partial charge in [-0.3, -0.25) is 9.52 Å². The van der Waals surface area contributed by atoms with Crippen molar-refractivity contribution in [2.45, 2.75) is 33.7 Å². The number of esters is 1. The van der Waals surface area contributed by atoms with Gasteiger partial charge in [-0.2, -0.15) is 0 Å². The fraction of sp³-hybridized carbons (Fsp3) is 0.889. The molecule has 0 heterocycles. The van der Waals surface area contributed by atoms with Crippen LogP contribution in [0.5, 0.6) is 0 Å². The van der Waals surface area contributed by atoms with Gasteiger partial charge in [0.1, 0.15) is 6.61 Å². The van der Waals surface area contributed by atoms with E-state index in [1.54, 1.807) is 0 Å². The number of carbonyl (C=O) groups is 1. The van der Waals surface area contributed by atoms with Gasteiger partial charge in [0.2, 0.25) is 0 Å². The maximum Gasteiger partial charge on any atom is 0.311 e. The first-order valence-corrected chi connectivity index (χ1v) is 7.06. The third kappa shape index (κ3) is 6.45. The quantitative estimate of drug-likeness (QED) is 0.745. The van der Waals surface area contributed by atoms with Crippen LogP contribution in [0.1, 0.15) is 27.7 Å². The fourth-order valence-corrected chi connectivity index (χ4v) is 1.86. The van der Waals surface area contributed by atoms with Gasteiger partial charge in [-0.1, -0.05) is 9.64 Å². The second-order valence-electron chi connectivity index (χ2n) is 4.32. The van der Waals surface area contributed by atoms with Crippen LogP contribution in [0.25, 0.3) is 0 Å². The maximum absolute atomic E-state index is 11.4. The van der Waals surface area contributed by atoms with E-state index in [-0.39, 0.29) is 21.7 Å². The van der Waals surface area contributed by atoms with Crippen LogP contribution in [0.4, 0.5) is 0 Å². The van der Waals surface area contributed by atoms with E-state index in [4.69, 9.17) is 15.9 Å². The minimum absolute atomic E-state index is 0.118. The summed E-state index contributed by atoms with van der Waals surface area (Å²) in [6.45, 7) is 7.84. The molecule has 0 amide bonds. The predicted octanol–water partition coefficient (Wildman–Crippen LogP) is 1.18. The van der Waals surface area contributed by atoms with Gasteiger partial charge in [0, 0.05) is 6.04 Å². The zero-order chi connectivity index (χ0) is 11.4. The molecule has 0 aliphatic carbocycles. The Morgan fingerprint density at radius 1 is 1.57 bits per heavy atom. The van der Waals surface area contributed by atoms with Gasteiger partial charge in [-0.15, -0.1) is 0 Å². The molecule has 0 aromatic heterocycles. The van der Waals surface area contributed by atoms with Crippen molar-refractivity contribution in [1.29, 1.82) is 0 Å². The van der Waals surface area contributed by atoms with Crippen molar-refractivity contribution in [3.8, 4) is 0 Å². The third-order valence-electron chi connectivity index (χ3n) is 1.44. The second kappa shape index (κ2) is 5.78. The van der Waals surface area contributed by atoms with Crippen LogP contribution in [-0.4, -0.2) is 24.9 Å². The molecule has 0 rings (SSSR count). The van der Waals surface area contributed by atoms with Crippen molar-refractivity contribution in [2.24, 2.45) is 5.41 Å². The van der Waals surface area contributed by atoms with E-state index < -0.39 is 5.41 Å². The Labute approximate surface area is 93.3 Å². The van der Waals surface area contributed by atoms with Crippen LogP contribution >= 0.6 is 0 Å². The molecule has 0 aliphatic heterocycles. The summed E-state index contributed by atoms with van der Waals surface area (Å²) in [6.07, 6.45) is 1.91. The van der Waals surface area contributed by atoms with Crippen molar-refractivity contribution in [3.05, 3.63) is 0 Å². The predicted molar refractivity (Wildman–Crippen MR) is 63.7 cm³/mol. The number of hydrogen-bond donors (Lipinski definition) is 1. The minimum atomic E-state index is -0.429. The molecule has 14 heavy (non-hydrogen) atoms. The van der Waals surface area contributed by atoms with Crippen molar-refractivity contribution < 1.29 is 9.53 Å². The van der Waals surface area contributed by atoms with E-state index in [9.17, 15) is 4.79 Å². The molecule has 0 radical (unpaired) electrons. The minimum Gasteiger partial charge on any atom is -0.464 e. The normalized spacial score (nSPS) is 16.1. The lowest BCUT2D eigenvalue weighted by atomic mass is 9.97. The Morgan fingerprint density at radius 3 is 2.43 bits per heavy atom. The number of hydrogen-bond acceptors (Lipinski definition) is 3. The lowest BCUT2D eigenvalue weighted by Gasteiger charge is -2.19. The van der Waals surface area contributed by atoms with Gasteiger partial charge in [0.05, 0.1) is 5.41 Å². The van der Waals surface area contributed by atoms with Crippen LogP contribution in [0.2, 0.25) is 0 Å². The van der Waals surface area contributed by atoms with Crippen molar-refractivity contribution in [1.82, 2.24) is 4.72 Å². The van der Waals surface area contributed by atoms with Crippen LogP contribution in [0.15, 0.2) is 0 Å². The topological polar surface area (TPSA) is 38.3 Å². The molecule has 5 heteroatoms. The van der Waals surface area contributed by atoms with Crippen molar-refractivity contribution >= 4 is 26.8 Å². The molecule has 0 spiro atoms. The van der Waals surface area contributed by atoms with Crippen molar-refractivity contribution in [2.75, 3.05) is 12.9 Å². The number of carbonyl (C=O) groups excluding carboxylic acids is 1. The molecule has 1 N–H and O–H groups in total. The zero-order valence-corrected chi connectivity index (χ0v) is 11.1. The molecule has 1 unspecified atom stereocenters. The highest BCUT2D eigenvalue weighted by Crippen LogP contribution is 2.14. The molecule has 3 nitrogen and oxygen atoms in total.